The third kappa shape index (κ3) is 3.34. The van der Waals surface area contributed by atoms with Crippen molar-refractivity contribution in [3.63, 3.8) is 0 Å². The fraction of sp³-hybridized carbons (Fsp3) is 0.500. The Morgan fingerprint density at radius 1 is 1.23 bits per heavy atom. The predicted octanol–water partition coefficient (Wildman–Crippen LogP) is 2.35. The van der Waals surface area contributed by atoms with Gasteiger partial charge in [0, 0.05) is 11.8 Å². The van der Waals surface area contributed by atoms with Gasteiger partial charge in [0.1, 0.15) is 0 Å². The van der Waals surface area contributed by atoms with Crippen molar-refractivity contribution in [3.05, 3.63) is 35.6 Å². The minimum atomic E-state index is -3.24. The lowest BCUT2D eigenvalue weighted by atomic mass is 9.92. The molecule has 122 valence electrons. The van der Waals surface area contributed by atoms with Crippen LogP contribution in [0.1, 0.15) is 33.3 Å². The van der Waals surface area contributed by atoms with Crippen LogP contribution in [-0.2, 0) is 19.3 Å². The van der Waals surface area contributed by atoms with Gasteiger partial charge in [0.15, 0.2) is 15.6 Å². The molecule has 1 aromatic rings. The molecule has 0 aliphatic carbocycles. The summed E-state index contributed by atoms with van der Waals surface area (Å²) in [6, 6.07) is 6.51. The average molecular weight is 326 g/mol. The molecule has 0 saturated carbocycles. The molecule has 2 rings (SSSR count). The molecule has 6 heteroatoms. The van der Waals surface area contributed by atoms with Gasteiger partial charge in [-0.2, -0.15) is 0 Å². The van der Waals surface area contributed by atoms with Gasteiger partial charge in [-0.1, -0.05) is 12.1 Å². The topological polar surface area (TPSA) is 72.8 Å². The summed E-state index contributed by atoms with van der Waals surface area (Å²) in [6.07, 6.45) is -0.0598. The number of hydrogen-bond donors (Lipinski definition) is 1. The summed E-state index contributed by atoms with van der Waals surface area (Å²) in [7, 11) is -3.24. The van der Waals surface area contributed by atoms with Gasteiger partial charge >= 0.3 is 0 Å². The third-order valence-corrected chi connectivity index (χ3v) is 4.54. The normalized spacial score (nSPS) is 21.5. The summed E-state index contributed by atoms with van der Waals surface area (Å²) in [5.41, 5.74) is 0.773. The quantitative estimate of drug-likeness (QED) is 0.919. The highest BCUT2D eigenvalue weighted by Gasteiger charge is 2.42. The minimum absolute atomic E-state index is 0.104. The molecule has 0 radical (unpaired) electrons. The van der Waals surface area contributed by atoms with Crippen molar-refractivity contribution in [2.45, 2.75) is 50.6 Å². The molecule has 1 N–H and O–H groups in total. The van der Waals surface area contributed by atoms with Crippen LogP contribution in [-0.4, -0.2) is 37.8 Å². The van der Waals surface area contributed by atoms with E-state index < -0.39 is 21.7 Å². The minimum Gasteiger partial charge on any atom is -0.490 e. The Hall–Kier alpha value is -1.37. The van der Waals surface area contributed by atoms with E-state index in [1.165, 1.54) is 6.26 Å². The Kier molecular flexibility index (Phi) is 4.39. The highest BCUT2D eigenvalue weighted by Crippen LogP contribution is 2.42. The molecule has 0 aromatic heterocycles. The predicted molar refractivity (Wildman–Crippen MR) is 83.9 cm³/mol. The standard InChI is InChI=1S/C16H22O5S/c1-10(2)20-14-13(16(3,4)21-15(14)17)11-6-8-12(9-7-11)22(5,18)19/h6-10,15,17H,1-5H3. The smallest absolute Gasteiger partial charge is 0.215 e. The SMILES string of the molecule is CC(C)OC1=C(c2ccc(S(C)(=O)=O)cc2)C(C)(C)OC1O. The summed E-state index contributed by atoms with van der Waals surface area (Å²) in [4.78, 5) is 0.250. The number of benzene rings is 1. The van der Waals surface area contributed by atoms with E-state index in [4.69, 9.17) is 9.47 Å². The van der Waals surface area contributed by atoms with Crippen LogP contribution in [0.5, 0.6) is 0 Å². The second-order valence-electron chi connectivity index (χ2n) is 6.18. The molecule has 1 aliphatic heterocycles. The van der Waals surface area contributed by atoms with Crippen LogP contribution in [0.2, 0.25) is 0 Å². The molecule has 1 aliphatic rings. The first-order valence-electron chi connectivity index (χ1n) is 7.10. The van der Waals surface area contributed by atoms with E-state index in [-0.39, 0.29) is 11.0 Å². The zero-order valence-electron chi connectivity index (χ0n) is 13.5. The first-order valence-corrected chi connectivity index (χ1v) is 8.99. The molecular weight excluding hydrogens is 304 g/mol. The monoisotopic (exact) mass is 326 g/mol. The second kappa shape index (κ2) is 5.68. The van der Waals surface area contributed by atoms with E-state index in [1.54, 1.807) is 24.3 Å². The van der Waals surface area contributed by atoms with E-state index in [0.717, 1.165) is 11.1 Å². The van der Waals surface area contributed by atoms with Crippen LogP contribution in [0.3, 0.4) is 0 Å². The van der Waals surface area contributed by atoms with Crippen LogP contribution in [0.4, 0.5) is 0 Å². The Morgan fingerprint density at radius 2 is 1.77 bits per heavy atom. The molecule has 1 unspecified atom stereocenters. The van der Waals surface area contributed by atoms with Crippen molar-refractivity contribution in [2.75, 3.05) is 6.26 Å². The number of aliphatic hydroxyl groups excluding tert-OH is 1. The van der Waals surface area contributed by atoms with Crippen molar-refractivity contribution in [2.24, 2.45) is 0 Å². The number of rotatable bonds is 4. The van der Waals surface area contributed by atoms with Crippen LogP contribution < -0.4 is 0 Å². The maximum absolute atomic E-state index is 11.6. The Morgan fingerprint density at radius 3 is 2.23 bits per heavy atom. The summed E-state index contributed by atoms with van der Waals surface area (Å²) in [5, 5.41) is 10.1. The van der Waals surface area contributed by atoms with Gasteiger partial charge in [0.2, 0.25) is 6.29 Å². The fourth-order valence-corrected chi connectivity index (χ4v) is 3.17. The van der Waals surface area contributed by atoms with Gasteiger partial charge in [-0.3, -0.25) is 0 Å². The zero-order valence-corrected chi connectivity index (χ0v) is 14.3. The highest BCUT2D eigenvalue weighted by molar-refractivity contribution is 7.90. The highest BCUT2D eigenvalue weighted by atomic mass is 32.2. The van der Waals surface area contributed by atoms with Gasteiger partial charge < -0.3 is 14.6 Å². The van der Waals surface area contributed by atoms with Crippen molar-refractivity contribution in [3.8, 4) is 0 Å². The summed E-state index contributed by atoms with van der Waals surface area (Å²) >= 11 is 0. The van der Waals surface area contributed by atoms with Crippen molar-refractivity contribution in [1.29, 1.82) is 0 Å². The molecule has 0 saturated heterocycles. The molecule has 5 nitrogen and oxygen atoms in total. The molecule has 0 amide bonds. The van der Waals surface area contributed by atoms with Crippen LogP contribution in [0.25, 0.3) is 5.57 Å². The zero-order chi connectivity index (χ0) is 16.7. The average Bonchev–Trinajstić information content (AvgIpc) is 2.57. The maximum atomic E-state index is 11.6. The molecular formula is C16H22O5S. The van der Waals surface area contributed by atoms with Crippen molar-refractivity contribution < 1.29 is 23.0 Å². The summed E-state index contributed by atoms with van der Waals surface area (Å²) < 4.78 is 34.4. The maximum Gasteiger partial charge on any atom is 0.215 e. The molecule has 1 aromatic carbocycles. The first-order chi connectivity index (χ1) is 10.0. The summed E-state index contributed by atoms with van der Waals surface area (Å²) in [5.74, 6) is 0.382. The van der Waals surface area contributed by atoms with E-state index in [0.29, 0.717) is 5.76 Å². The molecule has 0 bridgehead atoms. The molecule has 0 spiro atoms. The molecule has 1 atom stereocenters. The van der Waals surface area contributed by atoms with Gasteiger partial charge in [-0.15, -0.1) is 0 Å². The van der Waals surface area contributed by atoms with Gasteiger partial charge in [-0.05, 0) is 45.4 Å². The van der Waals surface area contributed by atoms with E-state index in [9.17, 15) is 13.5 Å². The number of hydrogen-bond acceptors (Lipinski definition) is 5. The molecule has 0 fully saturated rings. The molecule has 1 heterocycles. The number of sulfone groups is 1. The fourth-order valence-electron chi connectivity index (χ4n) is 2.54. The Balaban J connectivity index is 2.52. The van der Waals surface area contributed by atoms with Crippen LogP contribution in [0.15, 0.2) is 34.9 Å². The van der Waals surface area contributed by atoms with Gasteiger partial charge in [0.25, 0.3) is 0 Å². The number of ether oxygens (including phenoxy) is 2. The Labute approximate surface area is 131 Å². The second-order valence-corrected chi connectivity index (χ2v) is 8.20. The van der Waals surface area contributed by atoms with Gasteiger partial charge in [-0.25, -0.2) is 8.42 Å². The first kappa shape index (κ1) is 17.0. The van der Waals surface area contributed by atoms with Crippen molar-refractivity contribution in [1.82, 2.24) is 0 Å². The van der Waals surface area contributed by atoms with Gasteiger partial charge in [0.05, 0.1) is 16.6 Å². The van der Waals surface area contributed by atoms with Crippen LogP contribution in [0, 0.1) is 0 Å². The van der Waals surface area contributed by atoms with E-state index in [1.807, 2.05) is 27.7 Å². The van der Waals surface area contributed by atoms with E-state index in [2.05, 4.69) is 0 Å². The van der Waals surface area contributed by atoms with E-state index >= 15 is 0 Å². The number of aliphatic hydroxyl groups is 1. The van der Waals surface area contributed by atoms with Crippen LogP contribution >= 0.6 is 0 Å². The largest absolute Gasteiger partial charge is 0.490 e. The summed E-state index contributed by atoms with van der Waals surface area (Å²) in [6.45, 7) is 7.42. The lowest BCUT2D eigenvalue weighted by Crippen LogP contribution is -2.24. The molecule has 22 heavy (non-hydrogen) atoms. The van der Waals surface area contributed by atoms with Crippen molar-refractivity contribution >= 4 is 15.4 Å². The third-order valence-electron chi connectivity index (χ3n) is 3.41. The lowest BCUT2D eigenvalue weighted by Gasteiger charge is -2.22. The lowest BCUT2D eigenvalue weighted by molar-refractivity contribution is -0.131. The Bertz CT molecular complexity index is 684.